The zero-order chi connectivity index (χ0) is 19.1. The molecule has 0 unspecified atom stereocenters. The van der Waals surface area contributed by atoms with Gasteiger partial charge in [0.05, 0.1) is 16.1 Å². The summed E-state index contributed by atoms with van der Waals surface area (Å²) in [5.74, 6) is 0.238. The molecule has 0 aliphatic carbocycles. The third kappa shape index (κ3) is 7.80. The summed E-state index contributed by atoms with van der Waals surface area (Å²) in [6.07, 6.45) is 2.05. The van der Waals surface area contributed by atoms with Crippen molar-refractivity contribution < 1.29 is 21.6 Å². The molecule has 144 valence electrons. The lowest BCUT2D eigenvalue weighted by molar-refractivity contribution is -0.137. The fourth-order valence-electron chi connectivity index (χ4n) is 2.49. The van der Waals surface area contributed by atoms with Crippen LogP contribution in [0.4, 0.5) is 13.2 Å². The Morgan fingerprint density at radius 2 is 1.28 bits per heavy atom. The third-order valence-corrected chi connectivity index (χ3v) is 7.03. The fourth-order valence-corrected chi connectivity index (χ4v) is 3.69. The molecule has 0 atom stereocenters. The SMILES string of the molecule is CC(C)(C)S(=O)(=O)CCCCCCCCc1ccc(C(F)(F)F)cc1. The normalized spacial score (nSPS) is 13.2. The largest absolute Gasteiger partial charge is 0.416 e. The van der Waals surface area contributed by atoms with E-state index >= 15 is 0 Å². The van der Waals surface area contributed by atoms with Crippen LogP contribution in [0.3, 0.4) is 0 Å². The van der Waals surface area contributed by atoms with Gasteiger partial charge in [-0.25, -0.2) is 8.42 Å². The van der Waals surface area contributed by atoms with Crippen LogP contribution in [0.1, 0.15) is 70.4 Å². The van der Waals surface area contributed by atoms with Crippen molar-refractivity contribution in [3.05, 3.63) is 35.4 Å². The highest BCUT2D eigenvalue weighted by molar-refractivity contribution is 7.92. The van der Waals surface area contributed by atoms with Crippen molar-refractivity contribution in [2.75, 3.05) is 5.75 Å². The van der Waals surface area contributed by atoms with Gasteiger partial charge in [-0.2, -0.15) is 13.2 Å². The quantitative estimate of drug-likeness (QED) is 0.509. The predicted octanol–water partition coefficient (Wildman–Crippen LogP) is 5.80. The van der Waals surface area contributed by atoms with E-state index in [9.17, 15) is 21.6 Å². The summed E-state index contributed by atoms with van der Waals surface area (Å²) in [5, 5.41) is 0. The first-order chi connectivity index (χ1) is 11.4. The van der Waals surface area contributed by atoms with E-state index in [4.69, 9.17) is 0 Å². The number of benzene rings is 1. The maximum Gasteiger partial charge on any atom is 0.416 e. The van der Waals surface area contributed by atoms with Gasteiger partial charge in [-0.3, -0.25) is 0 Å². The van der Waals surface area contributed by atoms with Gasteiger partial charge in [0, 0.05) is 0 Å². The lowest BCUT2D eigenvalue weighted by Gasteiger charge is -2.18. The standard InChI is InChI=1S/C19H29F3O2S/c1-18(2,3)25(23,24)15-9-7-5-4-6-8-10-16-11-13-17(14-12-16)19(20,21)22/h11-14H,4-10,15H2,1-3H3. The maximum absolute atomic E-state index is 12.5. The molecule has 1 aromatic carbocycles. The van der Waals surface area contributed by atoms with Gasteiger partial charge in [-0.15, -0.1) is 0 Å². The van der Waals surface area contributed by atoms with Crippen LogP contribution in [-0.4, -0.2) is 18.9 Å². The molecule has 0 spiro atoms. The molecule has 0 bridgehead atoms. The lowest BCUT2D eigenvalue weighted by atomic mass is 10.0. The average Bonchev–Trinajstić information content (AvgIpc) is 2.48. The Kier molecular flexibility index (Phi) is 7.97. The number of unbranched alkanes of at least 4 members (excludes halogenated alkanes) is 5. The van der Waals surface area contributed by atoms with Gasteiger partial charge in [0.1, 0.15) is 0 Å². The summed E-state index contributed by atoms with van der Waals surface area (Å²) < 4.78 is 60.7. The summed E-state index contributed by atoms with van der Waals surface area (Å²) >= 11 is 0. The van der Waals surface area contributed by atoms with Crippen molar-refractivity contribution in [1.29, 1.82) is 0 Å². The molecule has 1 rings (SSSR count). The molecular weight excluding hydrogens is 349 g/mol. The van der Waals surface area contributed by atoms with E-state index in [0.29, 0.717) is 6.42 Å². The molecule has 1 aromatic rings. The predicted molar refractivity (Wildman–Crippen MR) is 96.4 cm³/mol. The van der Waals surface area contributed by atoms with Crippen LogP contribution in [-0.2, 0) is 22.4 Å². The molecular formula is C19H29F3O2S. The summed E-state index contributed by atoms with van der Waals surface area (Å²) in [4.78, 5) is 0. The maximum atomic E-state index is 12.5. The Bertz CT molecular complexity index is 612. The van der Waals surface area contributed by atoms with Gasteiger partial charge in [-0.05, 0) is 57.7 Å². The highest BCUT2D eigenvalue weighted by atomic mass is 32.2. The second kappa shape index (κ2) is 9.06. The van der Waals surface area contributed by atoms with Gasteiger partial charge >= 0.3 is 6.18 Å². The van der Waals surface area contributed by atoms with Crippen molar-refractivity contribution in [2.24, 2.45) is 0 Å². The van der Waals surface area contributed by atoms with Gasteiger partial charge < -0.3 is 0 Å². The first-order valence-corrected chi connectivity index (χ1v) is 10.5. The number of hydrogen-bond donors (Lipinski definition) is 0. The van der Waals surface area contributed by atoms with Crippen LogP contribution in [0.5, 0.6) is 0 Å². The minimum absolute atomic E-state index is 0.238. The molecule has 0 amide bonds. The molecule has 0 radical (unpaired) electrons. The lowest BCUT2D eigenvalue weighted by Crippen LogP contribution is -2.30. The smallest absolute Gasteiger partial charge is 0.228 e. The Morgan fingerprint density at radius 1 is 0.800 bits per heavy atom. The number of hydrogen-bond acceptors (Lipinski definition) is 2. The van der Waals surface area contributed by atoms with E-state index in [-0.39, 0.29) is 5.75 Å². The van der Waals surface area contributed by atoms with Crippen molar-refractivity contribution in [1.82, 2.24) is 0 Å². The van der Waals surface area contributed by atoms with Gasteiger partial charge in [0.15, 0.2) is 9.84 Å². The third-order valence-electron chi connectivity index (χ3n) is 4.34. The zero-order valence-corrected chi connectivity index (χ0v) is 16.1. The van der Waals surface area contributed by atoms with Crippen molar-refractivity contribution in [3.63, 3.8) is 0 Å². The second-order valence-electron chi connectivity index (χ2n) is 7.50. The summed E-state index contributed by atoms with van der Waals surface area (Å²) in [7, 11) is -3.03. The van der Waals surface area contributed by atoms with E-state index in [2.05, 4.69) is 0 Å². The number of aryl methyl sites for hydroxylation is 1. The first kappa shape index (κ1) is 22.0. The number of alkyl halides is 3. The number of rotatable bonds is 9. The zero-order valence-electron chi connectivity index (χ0n) is 15.3. The molecule has 0 N–H and O–H groups in total. The van der Waals surface area contributed by atoms with E-state index < -0.39 is 26.3 Å². The van der Waals surface area contributed by atoms with E-state index in [1.54, 1.807) is 32.9 Å². The molecule has 0 heterocycles. The molecule has 0 saturated heterocycles. The summed E-state index contributed by atoms with van der Waals surface area (Å²) in [5.41, 5.74) is 0.311. The van der Waals surface area contributed by atoms with Crippen molar-refractivity contribution >= 4 is 9.84 Å². The Labute approximate surface area is 149 Å². The summed E-state index contributed by atoms with van der Waals surface area (Å²) in [6.45, 7) is 5.18. The first-order valence-electron chi connectivity index (χ1n) is 8.82. The van der Waals surface area contributed by atoms with Crippen LogP contribution in [0.15, 0.2) is 24.3 Å². The van der Waals surface area contributed by atoms with E-state index in [1.807, 2.05) is 0 Å². The molecule has 25 heavy (non-hydrogen) atoms. The van der Waals surface area contributed by atoms with Crippen molar-refractivity contribution in [3.8, 4) is 0 Å². The van der Waals surface area contributed by atoms with E-state index in [1.165, 1.54) is 0 Å². The Hall–Kier alpha value is -1.04. The fraction of sp³-hybridized carbons (Fsp3) is 0.684. The number of sulfone groups is 1. The minimum Gasteiger partial charge on any atom is -0.228 e. The highest BCUT2D eigenvalue weighted by Gasteiger charge is 2.30. The topological polar surface area (TPSA) is 34.1 Å². The molecule has 0 fully saturated rings. The Balaban J connectivity index is 2.15. The van der Waals surface area contributed by atoms with Gasteiger partial charge in [0.2, 0.25) is 0 Å². The van der Waals surface area contributed by atoms with Crippen molar-refractivity contribution in [2.45, 2.75) is 76.6 Å². The minimum atomic E-state index is -4.28. The molecule has 2 nitrogen and oxygen atoms in total. The Morgan fingerprint density at radius 3 is 1.76 bits per heavy atom. The monoisotopic (exact) mass is 378 g/mol. The molecule has 0 aromatic heterocycles. The van der Waals surface area contributed by atoms with Crippen LogP contribution in [0.25, 0.3) is 0 Å². The van der Waals surface area contributed by atoms with Crippen LogP contribution in [0.2, 0.25) is 0 Å². The van der Waals surface area contributed by atoms with Crippen LogP contribution in [0, 0.1) is 0 Å². The number of halogens is 3. The summed E-state index contributed by atoms with van der Waals surface area (Å²) in [6, 6.07) is 5.34. The molecule has 0 aliphatic heterocycles. The molecule has 0 saturated carbocycles. The van der Waals surface area contributed by atoms with Crippen LogP contribution >= 0.6 is 0 Å². The highest BCUT2D eigenvalue weighted by Crippen LogP contribution is 2.29. The van der Waals surface area contributed by atoms with Gasteiger partial charge in [0.25, 0.3) is 0 Å². The van der Waals surface area contributed by atoms with Gasteiger partial charge in [-0.1, -0.05) is 37.8 Å². The molecule has 6 heteroatoms. The van der Waals surface area contributed by atoms with E-state index in [0.717, 1.165) is 56.2 Å². The molecule has 0 aliphatic rings. The average molecular weight is 378 g/mol. The van der Waals surface area contributed by atoms with Crippen LogP contribution < -0.4 is 0 Å². The second-order valence-corrected chi connectivity index (χ2v) is 10.4.